The van der Waals surface area contributed by atoms with Crippen LogP contribution in [0.4, 0.5) is 0 Å². The Morgan fingerprint density at radius 1 is 0.710 bits per heavy atom. The van der Waals surface area contributed by atoms with Crippen LogP contribution in [0.2, 0.25) is 15.1 Å². The Labute approximate surface area is 201 Å². The van der Waals surface area contributed by atoms with Crippen molar-refractivity contribution in [3.63, 3.8) is 0 Å². The Bertz CT molecular complexity index is 641. The first-order valence-corrected chi connectivity index (χ1v) is 12.5. The third kappa shape index (κ3) is 13.9. The molecule has 0 N–H and O–H groups in total. The second-order valence-corrected chi connectivity index (χ2v) is 9.02. The van der Waals surface area contributed by atoms with Crippen LogP contribution in [0.1, 0.15) is 96.0 Å². The van der Waals surface area contributed by atoms with E-state index in [9.17, 15) is 9.59 Å². The van der Waals surface area contributed by atoms with Crippen molar-refractivity contribution in [1.29, 1.82) is 0 Å². The first-order chi connectivity index (χ1) is 14.9. The number of rotatable bonds is 17. The smallest absolute Gasteiger partial charge is 0.306 e. The quantitative estimate of drug-likeness (QED) is 0.162. The predicted octanol–water partition coefficient (Wildman–Crippen LogP) is 8.32. The molecule has 1 aromatic carbocycles. The van der Waals surface area contributed by atoms with Gasteiger partial charge in [0.15, 0.2) is 0 Å². The summed E-state index contributed by atoms with van der Waals surface area (Å²) in [7, 11) is 0. The molecule has 0 heterocycles. The molecule has 1 rings (SSSR count). The minimum absolute atomic E-state index is 0.0309. The van der Waals surface area contributed by atoms with Crippen LogP contribution in [0.3, 0.4) is 0 Å². The van der Waals surface area contributed by atoms with Gasteiger partial charge >= 0.3 is 11.9 Å². The van der Waals surface area contributed by atoms with Crippen LogP contribution in [0.5, 0.6) is 0 Å². The van der Waals surface area contributed by atoms with E-state index < -0.39 is 5.97 Å². The normalized spacial score (nSPS) is 10.8. The number of halogens is 3. The van der Waals surface area contributed by atoms with Gasteiger partial charge in [0, 0.05) is 23.4 Å². The Morgan fingerprint density at radius 2 is 1.19 bits per heavy atom. The number of ether oxygens (including phenoxy) is 2. The van der Waals surface area contributed by atoms with Crippen molar-refractivity contribution in [3.8, 4) is 0 Å². The van der Waals surface area contributed by atoms with Crippen LogP contribution in [0.25, 0.3) is 0 Å². The molecule has 0 unspecified atom stereocenters. The van der Waals surface area contributed by atoms with E-state index in [-0.39, 0.29) is 25.4 Å². The molecule has 1 aromatic rings. The molecular weight excluding hydrogens is 459 g/mol. The van der Waals surface area contributed by atoms with Gasteiger partial charge in [0.2, 0.25) is 0 Å². The van der Waals surface area contributed by atoms with Crippen molar-refractivity contribution in [2.24, 2.45) is 0 Å². The van der Waals surface area contributed by atoms with Gasteiger partial charge in [-0.2, -0.15) is 0 Å². The summed E-state index contributed by atoms with van der Waals surface area (Å²) in [5, 5.41) is 1.11. The standard InChI is InChI=1S/C24H35Cl3O4/c1-2-3-4-5-6-7-8-9-10-11-15-30-23(28)13-12-14-24(29)31-18-20-21(26)16-19(25)17-22(20)27/h16-17H,2-15,18H2,1H3. The summed E-state index contributed by atoms with van der Waals surface area (Å²) in [6.07, 6.45) is 13.1. The molecule has 0 radical (unpaired) electrons. The van der Waals surface area contributed by atoms with Crippen molar-refractivity contribution in [3.05, 3.63) is 32.8 Å². The molecule has 0 bridgehead atoms. The van der Waals surface area contributed by atoms with Crippen LogP contribution in [0.15, 0.2) is 12.1 Å². The maximum atomic E-state index is 11.9. The second-order valence-electron chi connectivity index (χ2n) is 7.76. The molecule has 7 heteroatoms. The van der Waals surface area contributed by atoms with Crippen molar-refractivity contribution in [1.82, 2.24) is 0 Å². The summed E-state index contributed by atoms with van der Waals surface area (Å²) < 4.78 is 10.4. The maximum Gasteiger partial charge on any atom is 0.306 e. The molecule has 4 nitrogen and oxygen atoms in total. The molecule has 176 valence electrons. The molecule has 0 spiro atoms. The highest BCUT2D eigenvalue weighted by Gasteiger charge is 2.12. The Hall–Kier alpha value is -0.970. The van der Waals surface area contributed by atoms with E-state index in [0.717, 1.165) is 12.8 Å². The Balaban J connectivity index is 2.00. The highest BCUT2D eigenvalue weighted by Crippen LogP contribution is 2.29. The van der Waals surface area contributed by atoms with Gasteiger partial charge in [0.25, 0.3) is 0 Å². The highest BCUT2D eigenvalue weighted by molar-refractivity contribution is 6.39. The van der Waals surface area contributed by atoms with Crippen molar-refractivity contribution in [2.75, 3.05) is 6.61 Å². The van der Waals surface area contributed by atoms with Gasteiger partial charge in [-0.05, 0) is 25.0 Å². The number of hydrogen-bond acceptors (Lipinski definition) is 4. The van der Waals surface area contributed by atoms with Crippen molar-refractivity contribution < 1.29 is 19.1 Å². The number of carbonyl (C=O) groups excluding carboxylic acids is 2. The average molecular weight is 494 g/mol. The van der Waals surface area contributed by atoms with E-state index in [1.165, 1.54) is 51.4 Å². The van der Waals surface area contributed by atoms with Crippen LogP contribution in [-0.4, -0.2) is 18.5 Å². The fourth-order valence-electron chi connectivity index (χ4n) is 3.16. The predicted molar refractivity (Wildman–Crippen MR) is 128 cm³/mol. The summed E-state index contributed by atoms with van der Waals surface area (Å²) in [6.45, 7) is 2.66. The third-order valence-corrected chi connectivity index (χ3v) is 5.90. The van der Waals surface area contributed by atoms with Gasteiger partial charge in [-0.25, -0.2) is 0 Å². The zero-order valence-corrected chi connectivity index (χ0v) is 20.8. The molecule has 0 aliphatic heterocycles. The van der Waals surface area contributed by atoms with Crippen molar-refractivity contribution in [2.45, 2.75) is 97.0 Å². The first-order valence-electron chi connectivity index (χ1n) is 11.4. The van der Waals surface area contributed by atoms with E-state index in [1.54, 1.807) is 12.1 Å². The van der Waals surface area contributed by atoms with Crippen LogP contribution in [0, 0.1) is 0 Å². The molecule has 0 amide bonds. The molecule has 0 atom stereocenters. The molecule has 0 saturated heterocycles. The van der Waals surface area contributed by atoms with Gasteiger partial charge in [0.1, 0.15) is 6.61 Å². The van der Waals surface area contributed by atoms with Gasteiger partial charge in [-0.1, -0.05) is 99.5 Å². The second kappa shape index (κ2) is 17.6. The fraction of sp³-hybridized carbons (Fsp3) is 0.667. The SMILES string of the molecule is CCCCCCCCCCCCOC(=O)CCCC(=O)OCc1c(Cl)cc(Cl)cc1Cl. The first kappa shape index (κ1) is 28.1. The molecular formula is C24H35Cl3O4. The zero-order chi connectivity index (χ0) is 22.9. The lowest BCUT2D eigenvalue weighted by Crippen LogP contribution is -2.09. The zero-order valence-electron chi connectivity index (χ0n) is 18.5. The number of hydrogen-bond donors (Lipinski definition) is 0. The van der Waals surface area contributed by atoms with Gasteiger partial charge < -0.3 is 9.47 Å². The van der Waals surface area contributed by atoms with Crippen LogP contribution >= 0.6 is 34.8 Å². The Kier molecular flexibility index (Phi) is 15.9. The minimum atomic E-state index is -0.412. The number of esters is 2. The topological polar surface area (TPSA) is 52.6 Å². The fourth-order valence-corrected chi connectivity index (χ4v) is 4.09. The van der Waals surface area contributed by atoms with Crippen LogP contribution in [-0.2, 0) is 25.7 Å². The van der Waals surface area contributed by atoms with E-state index in [2.05, 4.69) is 6.92 Å². The molecule has 0 saturated carbocycles. The summed E-state index contributed by atoms with van der Waals surface area (Å²) in [6, 6.07) is 3.09. The average Bonchev–Trinajstić information content (AvgIpc) is 2.71. The Morgan fingerprint density at radius 3 is 1.74 bits per heavy atom. The van der Waals surface area contributed by atoms with Gasteiger partial charge in [0.05, 0.1) is 16.7 Å². The summed E-state index contributed by atoms with van der Waals surface area (Å²) in [4.78, 5) is 23.6. The van der Waals surface area contributed by atoms with Gasteiger partial charge in [-0.15, -0.1) is 0 Å². The highest BCUT2D eigenvalue weighted by atomic mass is 35.5. The lowest BCUT2D eigenvalue weighted by atomic mass is 10.1. The molecule has 0 fully saturated rings. The van der Waals surface area contributed by atoms with E-state index in [4.69, 9.17) is 44.3 Å². The van der Waals surface area contributed by atoms with E-state index in [1.807, 2.05) is 0 Å². The number of carbonyl (C=O) groups is 2. The molecule has 0 aliphatic carbocycles. The largest absolute Gasteiger partial charge is 0.466 e. The van der Waals surface area contributed by atoms with Crippen LogP contribution < -0.4 is 0 Å². The van der Waals surface area contributed by atoms with E-state index >= 15 is 0 Å². The minimum Gasteiger partial charge on any atom is -0.466 e. The number of unbranched alkanes of at least 4 members (excludes halogenated alkanes) is 9. The molecule has 0 aliphatic rings. The van der Waals surface area contributed by atoms with Crippen molar-refractivity contribution >= 4 is 46.7 Å². The molecule has 31 heavy (non-hydrogen) atoms. The third-order valence-electron chi connectivity index (χ3n) is 5.01. The lowest BCUT2D eigenvalue weighted by molar-refractivity contribution is -0.146. The molecule has 0 aromatic heterocycles. The summed E-state index contributed by atoms with van der Waals surface area (Å²) in [5.41, 5.74) is 0.511. The lowest BCUT2D eigenvalue weighted by Gasteiger charge is -2.09. The summed E-state index contributed by atoms with van der Waals surface area (Å²) >= 11 is 18.0. The summed E-state index contributed by atoms with van der Waals surface area (Å²) in [5.74, 6) is -0.683. The van der Waals surface area contributed by atoms with E-state index in [0.29, 0.717) is 33.7 Å². The number of benzene rings is 1. The maximum absolute atomic E-state index is 11.9. The van der Waals surface area contributed by atoms with Gasteiger partial charge in [-0.3, -0.25) is 9.59 Å². The monoisotopic (exact) mass is 492 g/mol.